The first-order valence-electron chi connectivity index (χ1n) is 9.12. The van der Waals surface area contributed by atoms with Crippen LogP contribution >= 0.6 is 23.2 Å². The molecule has 2 fully saturated rings. The summed E-state index contributed by atoms with van der Waals surface area (Å²) in [4.78, 5) is 28.5. The summed E-state index contributed by atoms with van der Waals surface area (Å²) < 4.78 is 0. The fourth-order valence-corrected chi connectivity index (χ4v) is 3.94. The Morgan fingerprint density at radius 1 is 1.25 bits per heavy atom. The van der Waals surface area contributed by atoms with Crippen molar-refractivity contribution in [3.63, 3.8) is 0 Å². The maximum absolute atomic E-state index is 12.7. The van der Waals surface area contributed by atoms with E-state index in [0.29, 0.717) is 17.1 Å². The number of aliphatic hydroxyl groups excluding tert-OH is 1. The maximum Gasteiger partial charge on any atom is 0.253 e. The first-order chi connectivity index (χ1) is 13.1. The zero-order chi connectivity index (χ0) is 20.7. The van der Waals surface area contributed by atoms with Crippen molar-refractivity contribution in [2.24, 2.45) is 5.41 Å². The van der Waals surface area contributed by atoms with E-state index in [0.717, 1.165) is 12.8 Å². The Hall–Kier alpha value is -1.38. The van der Waals surface area contributed by atoms with Crippen molar-refractivity contribution in [3.8, 4) is 0 Å². The maximum atomic E-state index is 12.7. The van der Waals surface area contributed by atoms with E-state index in [4.69, 9.17) is 23.2 Å². The Morgan fingerprint density at radius 2 is 1.89 bits per heavy atom. The zero-order valence-electron chi connectivity index (χ0n) is 15.9. The quantitative estimate of drug-likeness (QED) is 0.602. The summed E-state index contributed by atoms with van der Waals surface area (Å²) in [5.74, 6) is -0.587. The molecule has 7 nitrogen and oxygen atoms in total. The van der Waals surface area contributed by atoms with Gasteiger partial charge in [0.05, 0.1) is 28.5 Å². The van der Waals surface area contributed by atoms with Gasteiger partial charge in [0.25, 0.3) is 5.91 Å². The molecular weight excluding hydrogens is 405 g/mol. The minimum absolute atomic E-state index is 0.0469. The molecule has 3 rings (SSSR count). The number of carbonyl (C=O) groups excluding carboxylic acids is 2. The molecule has 2 aliphatic rings. The van der Waals surface area contributed by atoms with Crippen molar-refractivity contribution < 1.29 is 19.8 Å². The summed E-state index contributed by atoms with van der Waals surface area (Å²) >= 11 is 11.7. The molecule has 2 amide bonds. The molecule has 1 unspecified atom stereocenters. The number of likely N-dealkylation sites (tertiary alicyclic amines) is 1. The number of aliphatic hydroxyl groups is 2. The topological polar surface area (TPSA) is 93.1 Å². The molecule has 0 radical (unpaired) electrons. The van der Waals surface area contributed by atoms with E-state index in [9.17, 15) is 19.8 Å². The van der Waals surface area contributed by atoms with Crippen LogP contribution in [0.2, 0.25) is 10.0 Å². The summed E-state index contributed by atoms with van der Waals surface area (Å²) in [6, 6.07) is 4.43. The van der Waals surface area contributed by atoms with Crippen molar-refractivity contribution in [2.45, 2.75) is 24.5 Å². The minimum Gasteiger partial charge on any atom is -0.384 e. The SMILES string of the molecule is CN(C)CC1(C(=O)N2CC(O)(CNC(=O)C(O)c3ccc(Cl)c(Cl)c3)C2)CC1. The standard InChI is InChI=1S/C19H25Cl2N3O4/c1-23(2)9-18(5-6-18)17(27)24-10-19(28,11-24)8-22-16(26)15(25)12-3-4-13(20)14(21)7-12/h3-4,7,15,25,28H,5-6,8-11H2,1-2H3,(H,22,26). The van der Waals surface area contributed by atoms with Gasteiger partial charge in [-0.3, -0.25) is 9.59 Å². The molecule has 1 saturated carbocycles. The molecule has 0 bridgehead atoms. The first-order valence-corrected chi connectivity index (χ1v) is 9.88. The Balaban J connectivity index is 1.49. The summed E-state index contributed by atoms with van der Waals surface area (Å²) in [7, 11) is 3.88. The fraction of sp³-hybridized carbons (Fsp3) is 0.579. The molecule has 0 spiro atoms. The molecule has 3 N–H and O–H groups in total. The number of β-amino-alcohol motifs (C(OH)–C–C–N with tert-alkyl or cyclic N) is 1. The molecule has 1 aromatic carbocycles. The Morgan fingerprint density at radius 3 is 2.43 bits per heavy atom. The molecule has 1 aliphatic heterocycles. The van der Waals surface area contributed by atoms with Crippen LogP contribution < -0.4 is 5.32 Å². The number of nitrogens with one attached hydrogen (secondary N) is 1. The molecule has 154 valence electrons. The average molecular weight is 430 g/mol. The van der Waals surface area contributed by atoms with E-state index in [1.807, 2.05) is 19.0 Å². The van der Waals surface area contributed by atoms with Crippen LogP contribution in [0.25, 0.3) is 0 Å². The van der Waals surface area contributed by atoms with E-state index >= 15 is 0 Å². The van der Waals surface area contributed by atoms with Gasteiger partial charge in [-0.2, -0.15) is 0 Å². The van der Waals surface area contributed by atoms with Gasteiger partial charge < -0.3 is 25.3 Å². The van der Waals surface area contributed by atoms with E-state index < -0.39 is 17.6 Å². The van der Waals surface area contributed by atoms with Gasteiger partial charge in [-0.15, -0.1) is 0 Å². The van der Waals surface area contributed by atoms with Crippen LogP contribution in [0.15, 0.2) is 18.2 Å². The van der Waals surface area contributed by atoms with Crippen molar-refractivity contribution in [1.29, 1.82) is 0 Å². The third-order valence-electron chi connectivity index (χ3n) is 5.28. The van der Waals surface area contributed by atoms with Crippen molar-refractivity contribution in [1.82, 2.24) is 15.1 Å². The van der Waals surface area contributed by atoms with Crippen LogP contribution in [-0.2, 0) is 9.59 Å². The highest BCUT2D eigenvalue weighted by atomic mass is 35.5. The summed E-state index contributed by atoms with van der Waals surface area (Å²) in [5, 5.41) is 23.8. The number of nitrogens with zero attached hydrogens (tertiary/aromatic N) is 2. The highest BCUT2D eigenvalue weighted by Crippen LogP contribution is 2.48. The normalized spacial score (nSPS) is 20.5. The summed E-state index contributed by atoms with van der Waals surface area (Å²) in [5.41, 5.74) is -1.20. The van der Waals surface area contributed by atoms with E-state index in [-0.39, 0.29) is 36.0 Å². The highest BCUT2D eigenvalue weighted by Gasteiger charge is 2.56. The van der Waals surface area contributed by atoms with Crippen LogP contribution in [0.4, 0.5) is 0 Å². The Kier molecular flexibility index (Phi) is 5.94. The largest absolute Gasteiger partial charge is 0.384 e. The summed E-state index contributed by atoms with van der Waals surface area (Å²) in [6.45, 7) is 0.996. The lowest BCUT2D eigenvalue weighted by atomic mass is 9.91. The molecule has 1 aromatic rings. The highest BCUT2D eigenvalue weighted by molar-refractivity contribution is 6.42. The van der Waals surface area contributed by atoms with Gasteiger partial charge >= 0.3 is 0 Å². The predicted octanol–water partition coefficient (Wildman–Crippen LogP) is 1.06. The van der Waals surface area contributed by atoms with E-state index in [2.05, 4.69) is 5.32 Å². The summed E-state index contributed by atoms with van der Waals surface area (Å²) in [6.07, 6.45) is 0.308. The van der Waals surface area contributed by atoms with E-state index in [1.54, 1.807) is 4.90 Å². The number of halogens is 2. The van der Waals surface area contributed by atoms with Gasteiger partial charge in [0, 0.05) is 13.1 Å². The molecule has 0 aromatic heterocycles. The van der Waals surface area contributed by atoms with Gasteiger partial charge in [0.15, 0.2) is 6.10 Å². The Bertz CT molecular complexity index is 776. The molecular formula is C19H25Cl2N3O4. The number of hydrogen-bond donors (Lipinski definition) is 3. The molecule has 28 heavy (non-hydrogen) atoms. The van der Waals surface area contributed by atoms with Crippen molar-refractivity contribution in [3.05, 3.63) is 33.8 Å². The van der Waals surface area contributed by atoms with Crippen LogP contribution in [0.1, 0.15) is 24.5 Å². The van der Waals surface area contributed by atoms with Gasteiger partial charge in [-0.25, -0.2) is 0 Å². The molecule has 1 saturated heterocycles. The molecule has 1 aliphatic carbocycles. The number of carbonyl (C=O) groups is 2. The number of rotatable bonds is 7. The molecule has 9 heteroatoms. The van der Waals surface area contributed by atoms with Crippen LogP contribution in [0.5, 0.6) is 0 Å². The second kappa shape index (κ2) is 7.80. The fourth-order valence-electron chi connectivity index (χ4n) is 3.63. The minimum atomic E-state index is -1.42. The molecule has 1 heterocycles. The second-order valence-electron chi connectivity index (χ2n) is 8.20. The van der Waals surface area contributed by atoms with Gasteiger partial charge in [-0.1, -0.05) is 29.3 Å². The lowest BCUT2D eigenvalue weighted by molar-refractivity contribution is -0.161. The van der Waals surface area contributed by atoms with Crippen LogP contribution in [-0.4, -0.2) is 77.7 Å². The third kappa shape index (κ3) is 4.44. The van der Waals surface area contributed by atoms with Gasteiger partial charge in [0.1, 0.15) is 5.60 Å². The molecule has 1 atom stereocenters. The Labute approximate surface area is 174 Å². The zero-order valence-corrected chi connectivity index (χ0v) is 17.4. The van der Waals surface area contributed by atoms with Gasteiger partial charge in [0.2, 0.25) is 5.91 Å². The monoisotopic (exact) mass is 429 g/mol. The predicted molar refractivity (Wildman–Crippen MR) is 106 cm³/mol. The van der Waals surface area contributed by atoms with Gasteiger partial charge in [-0.05, 0) is 44.6 Å². The first kappa shape index (κ1) is 21.3. The smallest absolute Gasteiger partial charge is 0.253 e. The lowest BCUT2D eigenvalue weighted by Gasteiger charge is -2.48. The average Bonchev–Trinajstić information content (AvgIpc) is 3.38. The van der Waals surface area contributed by atoms with Crippen LogP contribution in [0, 0.1) is 5.41 Å². The van der Waals surface area contributed by atoms with Crippen molar-refractivity contribution in [2.75, 3.05) is 40.3 Å². The number of hydrogen-bond acceptors (Lipinski definition) is 5. The number of amides is 2. The second-order valence-corrected chi connectivity index (χ2v) is 9.01. The number of benzene rings is 1. The van der Waals surface area contributed by atoms with Crippen LogP contribution in [0.3, 0.4) is 0 Å². The van der Waals surface area contributed by atoms with Crippen molar-refractivity contribution >= 4 is 35.0 Å². The lowest BCUT2D eigenvalue weighted by Crippen LogP contribution is -2.69. The van der Waals surface area contributed by atoms with E-state index in [1.165, 1.54) is 18.2 Å². The third-order valence-corrected chi connectivity index (χ3v) is 6.02.